The molecule has 0 aromatic rings. The summed E-state index contributed by atoms with van der Waals surface area (Å²) < 4.78 is 0. The lowest BCUT2D eigenvalue weighted by Gasteiger charge is -2.46. The number of carboxylic acid groups (broad SMARTS) is 1. The van der Waals surface area contributed by atoms with Crippen LogP contribution < -0.4 is 5.73 Å². The van der Waals surface area contributed by atoms with Crippen LogP contribution in [0.1, 0.15) is 39.5 Å². The predicted molar refractivity (Wildman–Crippen MR) is 75.1 cm³/mol. The molecule has 0 radical (unpaired) electrons. The minimum atomic E-state index is -1.01. The number of carbonyl (C=O) groups is 1. The molecule has 1 saturated carbocycles. The van der Waals surface area contributed by atoms with Gasteiger partial charge in [0.15, 0.2) is 0 Å². The lowest BCUT2D eigenvalue weighted by Crippen LogP contribution is -2.60. The van der Waals surface area contributed by atoms with Gasteiger partial charge in [0.05, 0.1) is 0 Å². The summed E-state index contributed by atoms with van der Waals surface area (Å²) in [5.41, 5.74) is 5.04. The molecule has 3 unspecified atom stereocenters. The molecule has 0 spiro atoms. The molecule has 0 aromatic heterocycles. The van der Waals surface area contributed by atoms with Crippen LogP contribution in [0.2, 0.25) is 0 Å². The fourth-order valence-electron chi connectivity index (χ4n) is 3.61. The fourth-order valence-corrected chi connectivity index (χ4v) is 3.61. The minimum Gasteiger partial charge on any atom is -0.480 e. The van der Waals surface area contributed by atoms with Gasteiger partial charge in [0.2, 0.25) is 0 Å². The summed E-state index contributed by atoms with van der Waals surface area (Å²) in [6.45, 7) is 8.70. The number of hydrogen-bond donors (Lipinski definition) is 2. The SMILES string of the molecule is CCN1CCN(C2CCCC(N)(C(=O)O)C2)CC1C. The van der Waals surface area contributed by atoms with E-state index >= 15 is 0 Å². The fraction of sp³-hybridized carbons (Fsp3) is 0.929. The quantitative estimate of drug-likeness (QED) is 0.791. The second kappa shape index (κ2) is 5.77. The number of nitrogens with two attached hydrogens (primary N) is 1. The lowest BCUT2D eigenvalue weighted by atomic mass is 9.79. The summed E-state index contributed by atoms with van der Waals surface area (Å²) in [5.74, 6) is -0.836. The summed E-state index contributed by atoms with van der Waals surface area (Å²) in [4.78, 5) is 16.3. The Bertz CT molecular complexity index is 337. The summed E-state index contributed by atoms with van der Waals surface area (Å²) in [6.07, 6.45) is 3.23. The molecule has 2 fully saturated rings. The van der Waals surface area contributed by atoms with E-state index in [0.717, 1.165) is 39.0 Å². The zero-order chi connectivity index (χ0) is 14.0. The van der Waals surface area contributed by atoms with Gasteiger partial charge in [-0.1, -0.05) is 6.92 Å². The standard InChI is InChI=1S/C14H27N3O2/c1-3-16-7-8-17(10-11(16)2)12-5-4-6-14(15,9-12)13(18)19/h11-12H,3-10,15H2,1-2H3,(H,18,19). The molecule has 19 heavy (non-hydrogen) atoms. The number of rotatable bonds is 3. The molecule has 2 aliphatic rings. The Hall–Kier alpha value is -0.650. The molecule has 5 nitrogen and oxygen atoms in total. The highest BCUT2D eigenvalue weighted by molar-refractivity contribution is 5.78. The van der Waals surface area contributed by atoms with E-state index in [1.165, 1.54) is 0 Å². The first kappa shape index (κ1) is 14.8. The van der Waals surface area contributed by atoms with Crippen LogP contribution in [0.15, 0.2) is 0 Å². The number of nitrogens with zero attached hydrogens (tertiary/aromatic N) is 2. The number of likely N-dealkylation sites (N-methyl/N-ethyl adjacent to an activating group) is 1. The van der Waals surface area contributed by atoms with Crippen molar-refractivity contribution in [2.24, 2.45) is 5.73 Å². The van der Waals surface area contributed by atoms with Crippen LogP contribution in [0.5, 0.6) is 0 Å². The van der Waals surface area contributed by atoms with Crippen molar-refractivity contribution in [3.8, 4) is 0 Å². The molecule has 1 aliphatic carbocycles. The Labute approximate surface area is 115 Å². The van der Waals surface area contributed by atoms with E-state index in [1.54, 1.807) is 0 Å². The van der Waals surface area contributed by atoms with Crippen molar-refractivity contribution in [3.05, 3.63) is 0 Å². The molecule has 0 aromatic carbocycles. The van der Waals surface area contributed by atoms with E-state index in [1.807, 2.05) is 0 Å². The molecule has 1 saturated heterocycles. The number of aliphatic carboxylic acids is 1. The summed E-state index contributed by atoms with van der Waals surface area (Å²) in [6, 6.07) is 0.897. The van der Waals surface area contributed by atoms with Gasteiger partial charge in [-0.15, -0.1) is 0 Å². The van der Waals surface area contributed by atoms with Gasteiger partial charge >= 0.3 is 5.97 Å². The van der Waals surface area contributed by atoms with Gasteiger partial charge in [0.1, 0.15) is 5.54 Å². The molecule has 1 aliphatic heterocycles. The van der Waals surface area contributed by atoms with Crippen LogP contribution in [0.4, 0.5) is 0 Å². The maximum Gasteiger partial charge on any atom is 0.323 e. The second-order valence-electron chi connectivity index (χ2n) is 6.18. The van der Waals surface area contributed by atoms with Gasteiger partial charge < -0.3 is 10.8 Å². The highest BCUT2D eigenvalue weighted by atomic mass is 16.4. The average Bonchev–Trinajstić information content (AvgIpc) is 2.38. The van der Waals surface area contributed by atoms with Crippen molar-refractivity contribution in [1.29, 1.82) is 0 Å². The Morgan fingerprint density at radius 3 is 2.79 bits per heavy atom. The maximum absolute atomic E-state index is 11.3. The maximum atomic E-state index is 11.3. The van der Waals surface area contributed by atoms with Gasteiger partial charge in [0.25, 0.3) is 0 Å². The first-order chi connectivity index (χ1) is 8.96. The molecular weight excluding hydrogens is 242 g/mol. The molecule has 2 rings (SSSR count). The minimum absolute atomic E-state index is 0.344. The number of piperazine rings is 1. The molecule has 3 atom stereocenters. The molecule has 5 heteroatoms. The van der Waals surface area contributed by atoms with E-state index in [0.29, 0.717) is 24.9 Å². The van der Waals surface area contributed by atoms with Gasteiger partial charge in [-0.3, -0.25) is 14.6 Å². The zero-order valence-corrected chi connectivity index (χ0v) is 12.1. The van der Waals surface area contributed by atoms with Gasteiger partial charge in [-0.05, 0) is 39.2 Å². The number of carboxylic acids is 1. The molecule has 110 valence electrons. The van der Waals surface area contributed by atoms with E-state index in [2.05, 4.69) is 23.6 Å². The monoisotopic (exact) mass is 269 g/mol. The summed E-state index contributed by atoms with van der Waals surface area (Å²) >= 11 is 0. The van der Waals surface area contributed by atoms with Crippen LogP contribution in [0.3, 0.4) is 0 Å². The second-order valence-corrected chi connectivity index (χ2v) is 6.18. The zero-order valence-electron chi connectivity index (χ0n) is 12.1. The largest absolute Gasteiger partial charge is 0.480 e. The topological polar surface area (TPSA) is 69.8 Å². The van der Waals surface area contributed by atoms with Crippen molar-refractivity contribution < 1.29 is 9.90 Å². The van der Waals surface area contributed by atoms with Gasteiger partial charge in [-0.25, -0.2) is 0 Å². The van der Waals surface area contributed by atoms with Crippen molar-refractivity contribution in [3.63, 3.8) is 0 Å². The van der Waals surface area contributed by atoms with Crippen molar-refractivity contribution in [2.45, 2.75) is 57.2 Å². The Morgan fingerprint density at radius 1 is 1.47 bits per heavy atom. The third kappa shape index (κ3) is 3.09. The molecule has 0 amide bonds. The van der Waals surface area contributed by atoms with Crippen molar-refractivity contribution in [1.82, 2.24) is 9.80 Å². The normalized spacial score (nSPS) is 38.3. The molecule has 0 bridgehead atoms. The Kier molecular flexibility index (Phi) is 4.48. The van der Waals surface area contributed by atoms with E-state index < -0.39 is 11.5 Å². The van der Waals surface area contributed by atoms with Gasteiger partial charge in [-0.2, -0.15) is 0 Å². The Balaban J connectivity index is 1.97. The van der Waals surface area contributed by atoms with Crippen molar-refractivity contribution in [2.75, 3.05) is 26.2 Å². The lowest BCUT2D eigenvalue weighted by molar-refractivity contribution is -0.145. The summed E-state index contributed by atoms with van der Waals surface area (Å²) in [5, 5.41) is 9.29. The van der Waals surface area contributed by atoms with Crippen LogP contribution in [-0.4, -0.2) is 64.7 Å². The van der Waals surface area contributed by atoms with Crippen LogP contribution >= 0.6 is 0 Å². The van der Waals surface area contributed by atoms with E-state index in [4.69, 9.17) is 5.73 Å². The predicted octanol–water partition coefficient (Wildman–Crippen LogP) is 0.737. The smallest absolute Gasteiger partial charge is 0.323 e. The Morgan fingerprint density at radius 2 is 2.21 bits per heavy atom. The third-order valence-corrected chi connectivity index (χ3v) is 4.91. The molecule has 1 heterocycles. The highest BCUT2D eigenvalue weighted by Gasteiger charge is 2.42. The van der Waals surface area contributed by atoms with Crippen LogP contribution in [0, 0.1) is 0 Å². The van der Waals surface area contributed by atoms with Crippen LogP contribution in [0.25, 0.3) is 0 Å². The first-order valence-corrected chi connectivity index (χ1v) is 7.46. The van der Waals surface area contributed by atoms with E-state index in [9.17, 15) is 9.90 Å². The average molecular weight is 269 g/mol. The molecule has 3 N–H and O–H groups in total. The molecular formula is C14H27N3O2. The van der Waals surface area contributed by atoms with Gasteiger partial charge in [0, 0.05) is 31.7 Å². The number of hydrogen-bond acceptors (Lipinski definition) is 4. The van der Waals surface area contributed by atoms with E-state index in [-0.39, 0.29) is 0 Å². The van der Waals surface area contributed by atoms with Crippen molar-refractivity contribution >= 4 is 5.97 Å². The highest BCUT2D eigenvalue weighted by Crippen LogP contribution is 2.30. The summed E-state index contributed by atoms with van der Waals surface area (Å²) in [7, 11) is 0. The first-order valence-electron chi connectivity index (χ1n) is 7.46. The third-order valence-electron chi connectivity index (χ3n) is 4.91. The van der Waals surface area contributed by atoms with Crippen LogP contribution in [-0.2, 0) is 4.79 Å².